The van der Waals surface area contributed by atoms with E-state index in [0.29, 0.717) is 37.4 Å². The first-order valence-corrected chi connectivity index (χ1v) is 19.6. The van der Waals surface area contributed by atoms with Crippen molar-refractivity contribution in [3.8, 4) is 5.88 Å². The number of aromatic amines is 1. The zero-order valence-electron chi connectivity index (χ0n) is 35.3. The highest BCUT2D eigenvalue weighted by atomic mass is 16.6. The van der Waals surface area contributed by atoms with Crippen LogP contribution in [0.1, 0.15) is 136 Å². The van der Waals surface area contributed by atoms with Crippen LogP contribution >= 0.6 is 0 Å². The molecule has 2 fully saturated rings. The molecule has 55 heavy (non-hydrogen) atoms. The molecule has 2 aliphatic rings. The molecule has 306 valence electrons. The lowest BCUT2D eigenvalue weighted by atomic mass is 9.59. The van der Waals surface area contributed by atoms with Crippen molar-refractivity contribution in [3.05, 3.63) is 22.8 Å². The Kier molecular flexibility index (Phi) is 13.4. The number of nitrogens with zero attached hydrogens (tertiary/aromatic N) is 4. The average molecular weight is 769 g/mol. The zero-order valence-corrected chi connectivity index (χ0v) is 35.3. The van der Waals surface area contributed by atoms with Crippen LogP contribution < -0.4 is 10.1 Å². The Morgan fingerprint density at radius 1 is 0.982 bits per heavy atom. The summed E-state index contributed by atoms with van der Waals surface area (Å²) in [5.74, 6) is -0.480. The van der Waals surface area contributed by atoms with Crippen LogP contribution in [0.5, 0.6) is 5.88 Å². The number of carbonyl (C=O) groups excluding carboxylic acids is 4. The van der Waals surface area contributed by atoms with Crippen molar-refractivity contribution < 1.29 is 38.1 Å². The number of hydrogen-bond acceptors (Lipinski definition) is 9. The van der Waals surface area contributed by atoms with Gasteiger partial charge in [-0.1, -0.05) is 69.2 Å². The maximum Gasteiger partial charge on any atom is 0.415 e. The van der Waals surface area contributed by atoms with Gasteiger partial charge in [-0.2, -0.15) is 0 Å². The van der Waals surface area contributed by atoms with Gasteiger partial charge in [0.15, 0.2) is 5.65 Å². The fourth-order valence-electron chi connectivity index (χ4n) is 8.13. The quantitative estimate of drug-likeness (QED) is 0.183. The molecule has 5 unspecified atom stereocenters. The molecule has 0 bridgehead atoms. The molecule has 0 radical (unpaired) electrons. The molecule has 5 atom stereocenters. The van der Waals surface area contributed by atoms with Crippen molar-refractivity contribution in [3.63, 3.8) is 0 Å². The normalized spacial score (nSPS) is 24.8. The molecule has 0 spiro atoms. The minimum Gasteiger partial charge on any atom is -0.469 e. The number of hydrogen-bond donors (Lipinski definition) is 2. The van der Waals surface area contributed by atoms with Gasteiger partial charge in [-0.3, -0.25) is 14.7 Å². The summed E-state index contributed by atoms with van der Waals surface area (Å²) in [5, 5.41) is 6.41. The Morgan fingerprint density at radius 2 is 1.60 bits per heavy atom. The first-order chi connectivity index (χ1) is 25.5. The Bertz CT molecular complexity index is 1730. The molecule has 4 rings (SSSR count). The second-order valence-electron chi connectivity index (χ2n) is 18.9. The van der Waals surface area contributed by atoms with Crippen LogP contribution in [0.15, 0.2) is 0 Å². The Balaban J connectivity index is 1.79. The van der Waals surface area contributed by atoms with Crippen LogP contribution in [-0.2, 0) is 23.8 Å². The molecule has 0 saturated heterocycles. The van der Waals surface area contributed by atoms with E-state index < -0.39 is 29.6 Å². The van der Waals surface area contributed by atoms with E-state index in [-0.39, 0.29) is 82.4 Å². The number of methoxy groups -OCH3 is 2. The third-order valence-corrected chi connectivity index (χ3v) is 11.5. The van der Waals surface area contributed by atoms with Gasteiger partial charge in [-0.15, -0.1) is 0 Å². The van der Waals surface area contributed by atoms with Crippen LogP contribution in [-0.4, -0.2) is 89.5 Å². The fourth-order valence-corrected chi connectivity index (χ4v) is 8.13. The van der Waals surface area contributed by atoms with Gasteiger partial charge in [-0.25, -0.2) is 23.9 Å². The largest absolute Gasteiger partial charge is 0.469 e. The van der Waals surface area contributed by atoms with E-state index in [9.17, 15) is 19.2 Å². The summed E-state index contributed by atoms with van der Waals surface area (Å²) >= 11 is 0. The van der Waals surface area contributed by atoms with Crippen molar-refractivity contribution in [1.82, 2.24) is 24.8 Å². The van der Waals surface area contributed by atoms with Crippen LogP contribution in [0.3, 0.4) is 0 Å². The molecule has 2 aromatic heterocycles. The molecule has 0 aromatic carbocycles. The lowest BCUT2D eigenvalue weighted by Crippen LogP contribution is -2.50. The van der Waals surface area contributed by atoms with Crippen LogP contribution in [0, 0.1) is 40.6 Å². The van der Waals surface area contributed by atoms with Gasteiger partial charge in [0.25, 0.3) is 5.69 Å². The Hall–Kier alpha value is -4.12. The number of esters is 2. The fraction of sp³-hybridized carbons (Fsp3) is 0.756. The molecule has 2 N–H and O–H groups in total. The van der Waals surface area contributed by atoms with Crippen molar-refractivity contribution in [2.45, 2.75) is 138 Å². The third kappa shape index (κ3) is 10.0. The van der Waals surface area contributed by atoms with E-state index in [1.165, 1.54) is 23.6 Å². The van der Waals surface area contributed by atoms with Gasteiger partial charge in [0.2, 0.25) is 11.8 Å². The van der Waals surface area contributed by atoms with Gasteiger partial charge < -0.3 is 29.2 Å². The summed E-state index contributed by atoms with van der Waals surface area (Å²) in [6.07, 6.45) is 2.66. The number of carbonyl (C=O) groups is 4. The van der Waals surface area contributed by atoms with Crippen molar-refractivity contribution in [2.24, 2.45) is 34.0 Å². The van der Waals surface area contributed by atoms with E-state index in [1.807, 2.05) is 20.8 Å². The predicted molar refractivity (Wildman–Crippen MR) is 208 cm³/mol. The summed E-state index contributed by atoms with van der Waals surface area (Å²) < 4.78 is 24.3. The van der Waals surface area contributed by atoms with E-state index >= 15 is 0 Å². The number of rotatable bonds is 10. The Morgan fingerprint density at radius 3 is 2.13 bits per heavy atom. The van der Waals surface area contributed by atoms with Gasteiger partial charge in [-0.05, 0) is 55.3 Å². The standard InChI is InChI=1S/C41H64N6O8/c1-23-20-25(39(2,3)4)32(26(21-23)40(5,6)7)54-36(49)30-31(42-11)35(55-38(51)46(12)19-15-16-29(48)53-14)47-34(30)44-33(45-47)24-17-18-28(52-13)27(22-24)43-37(50)41(8,9)10/h23-28,32H,15-22H2,1-10,12-14H3,(H,43,50)(H,44,45). The van der Waals surface area contributed by atoms with Crippen molar-refractivity contribution >= 4 is 35.3 Å². The van der Waals surface area contributed by atoms with Gasteiger partial charge in [0.05, 0.1) is 25.8 Å². The lowest BCUT2D eigenvalue weighted by Gasteiger charge is -2.50. The summed E-state index contributed by atoms with van der Waals surface area (Å²) in [5.41, 5.74) is -1.07. The molecule has 2 aromatic rings. The molecule has 14 heteroatoms. The molecule has 14 nitrogen and oxygen atoms in total. The summed E-state index contributed by atoms with van der Waals surface area (Å²) in [4.78, 5) is 62.8. The third-order valence-electron chi connectivity index (χ3n) is 11.5. The van der Waals surface area contributed by atoms with E-state index in [4.69, 9.17) is 30.5 Å². The number of aromatic nitrogens is 3. The number of H-pyrrole nitrogens is 1. The number of fused-ring (bicyclic) bond motifs is 1. The topological polar surface area (TPSA) is 158 Å². The average Bonchev–Trinajstić information content (AvgIpc) is 3.64. The maximum absolute atomic E-state index is 14.6. The summed E-state index contributed by atoms with van der Waals surface area (Å²) in [6.45, 7) is 29.3. The molecule has 2 saturated carbocycles. The van der Waals surface area contributed by atoms with E-state index in [1.54, 1.807) is 7.11 Å². The van der Waals surface area contributed by atoms with Gasteiger partial charge in [0, 0.05) is 50.3 Å². The molecule has 0 aliphatic heterocycles. The van der Waals surface area contributed by atoms with Crippen LogP contribution in [0.2, 0.25) is 0 Å². The SMILES string of the molecule is [C-]#[N+]c1c(C(=O)OC2C(C(C)(C)C)CC(C)CC2C(C)(C)C)c2nc(C3CCC(OC)C(NC(=O)C(C)(C)C)C3)[nH]n2c1OC(=O)N(C)CCCC(=O)OC. The summed E-state index contributed by atoms with van der Waals surface area (Å²) in [7, 11) is 4.47. The van der Waals surface area contributed by atoms with Crippen molar-refractivity contribution in [2.75, 3.05) is 27.8 Å². The monoisotopic (exact) mass is 768 g/mol. The Labute approximate surface area is 326 Å². The lowest BCUT2D eigenvalue weighted by molar-refractivity contribution is -0.140. The minimum atomic E-state index is -0.780. The smallest absolute Gasteiger partial charge is 0.415 e. The maximum atomic E-state index is 14.6. The number of ether oxygens (including phenoxy) is 4. The molecular formula is C41H64N6O8. The predicted octanol–water partition coefficient (Wildman–Crippen LogP) is 7.69. The highest BCUT2D eigenvalue weighted by Crippen LogP contribution is 2.50. The van der Waals surface area contributed by atoms with Gasteiger partial charge in [0.1, 0.15) is 17.5 Å². The van der Waals surface area contributed by atoms with E-state index in [0.717, 1.165) is 12.8 Å². The first-order valence-electron chi connectivity index (χ1n) is 19.6. The molecule has 2 aliphatic carbocycles. The summed E-state index contributed by atoms with van der Waals surface area (Å²) in [6, 6.07) is -0.295. The number of nitrogens with one attached hydrogen (secondary N) is 2. The zero-order chi connectivity index (χ0) is 41.2. The minimum absolute atomic E-state index is 0.0563. The molecule has 2 heterocycles. The highest BCUT2D eigenvalue weighted by Gasteiger charge is 2.49. The second kappa shape index (κ2) is 16.9. The van der Waals surface area contributed by atoms with Crippen LogP contribution in [0.25, 0.3) is 10.5 Å². The molecular weight excluding hydrogens is 704 g/mol. The number of amides is 2. The van der Waals surface area contributed by atoms with E-state index in [2.05, 4.69) is 63.7 Å². The van der Waals surface area contributed by atoms with Gasteiger partial charge >= 0.3 is 18.0 Å². The second-order valence-corrected chi connectivity index (χ2v) is 18.9. The van der Waals surface area contributed by atoms with Crippen LogP contribution in [0.4, 0.5) is 10.5 Å². The highest BCUT2D eigenvalue weighted by molar-refractivity contribution is 6.05. The van der Waals surface area contributed by atoms with Crippen molar-refractivity contribution in [1.29, 1.82) is 0 Å². The first kappa shape index (κ1) is 43.6. The molecule has 2 amide bonds.